The number of nitrogens with one attached hydrogen (secondary N) is 1. The van der Waals surface area contributed by atoms with Gasteiger partial charge in [0, 0.05) is 32.2 Å². The van der Waals surface area contributed by atoms with E-state index in [0.29, 0.717) is 31.0 Å². The number of nitrogens with zero attached hydrogens (tertiary/aromatic N) is 5. The Morgan fingerprint density at radius 1 is 1.19 bits per heavy atom. The minimum Gasteiger partial charge on any atom is -0.351 e. The zero-order chi connectivity index (χ0) is 23.0. The fourth-order valence-corrected chi connectivity index (χ4v) is 6.36. The van der Waals surface area contributed by atoms with Gasteiger partial charge in [0.2, 0.25) is 21.9 Å². The molecule has 1 saturated heterocycles. The average Bonchev–Trinajstić information content (AvgIpc) is 3.30. The van der Waals surface area contributed by atoms with Crippen LogP contribution in [0.2, 0.25) is 0 Å². The second-order valence-electron chi connectivity index (χ2n) is 9.50. The summed E-state index contributed by atoms with van der Waals surface area (Å²) in [4.78, 5) is 26.4. The van der Waals surface area contributed by atoms with Crippen LogP contribution in [-0.4, -0.2) is 73.1 Å². The molecule has 1 aromatic heterocycles. The van der Waals surface area contributed by atoms with E-state index in [2.05, 4.69) is 29.0 Å². The normalized spacial score (nSPS) is 24.6. The molecule has 10 heteroatoms. The molecule has 3 aliphatic rings. The molecule has 0 spiro atoms. The molecule has 0 bridgehead atoms. The monoisotopic (exact) mass is 464 g/mol. The summed E-state index contributed by atoms with van der Waals surface area (Å²) in [6.07, 6.45) is 9.98. The first-order chi connectivity index (χ1) is 15.2. The molecule has 1 saturated carbocycles. The first-order valence-electron chi connectivity index (χ1n) is 11.8. The Hall–Kier alpha value is -1.94. The first-order valence-corrected chi connectivity index (χ1v) is 13.7. The molecule has 4 rings (SSSR count). The van der Waals surface area contributed by atoms with Gasteiger partial charge < -0.3 is 15.1 Å². The van der Waals surface area contributed by atoms with Gasteiger partial charge in [-0.2, -0.15) is 4.98 Å². The fourth-order valence-electron chi connectivity index (χ4n) is 5.48. The third-order valence-electron chi connectivity index (χ3n) is 7.44. The third kappa shape index (κ3) is 4.44. The SMILES string of the molecule is CC[C@@H]1C(=O)N(C)c2cnc(NC(C)C3CCN(S(C)(=O)=O)CC3)nc2N1C1CCCC1. The molecule has 1 N–H and O–H groups in total. The summed E-state index contributed by atoms with van der Waals surface area (Å²) in [7, 11) is -1.32. The molecule has 1 amide bonds. The van der Waals surface area contributed by atoms with Gasteiger partial charge in [-0.1, -0.05) is 19.8 Å². The maximum absolute atomic E-state index is 13.0. The Morgan fingerprint density at radius 2 is 1.84 bits per heavy atom. The maximum Gasteiger partial charge on any atom is 0.249 e. The molecule has 2 aliphatic heterocycles. The highest BCUT2D eigenvalue weighted by atomic mass is 32.2. The minimum atomic E-state index is -3.13. The second-order valence-corrected chi connectivity index (χ2v) is 11.5. The van der Waals surface area contributed by atoms with Crippen LogP contribution in [0.25, 0.3) is 0 Å². The highest BCUT2D eigenvalue weighted by Gasteiger charge is 2.41. The fraction of sp³-hybridized carbons (Fsp3) is 0.773. The Bertz CT molecular complexity index is 941. The standard InChI is InChI=1S/C22H36N6O3S/c1-5-18-21(29)26(3)19-14-23-22(25-20(19)28(18)17-8-6-7-9-17)24-15(2)16-10-12-27(13-11-16)32(4,30)31/h14-18H,5-13H2,1-4H3,(H,23,24,25)/t15?,18-/m1/s1. The van der Waals surface area contributed by atoms with E-state index in [9.17, 15) is 13.2 Å². The van der Waals surface area contributed by atoms with Crippen molar-refractivity contribution in [3.05, 3.63) is 6.20 Å². The van der Waals surface area contributed by atoms with Gasteiger partial charge in [0.15, 0.2) is 5.82 Å². The van der Waals surface area contributed by atoms with Crippen molar-refractivity contribution in [2.45, 2.75) is 76.9 Å². The highest BCUT2D eigenvalue weighted by molar-refractivity contribution is 7.88. The van der Waals surface area contributed by atoms with E-state index < -0.39 is 10.0 Å². The van der Waals surface area contributed by atoms with Crippen molar-refractivity contribution in [2.75, 3.05) is 41.5 Å². The predicted molar refractivity (Wildman–Crippen MR) is 126 cm³/mol. The number of aromatic nitrogens is 2. The van der Waals surface area contributed by atoms with Crippen LogP contribution in [0.5, 0.6) is 0 Å². The Kier molecular flexibility index (Phi) is 6.63. The second kappa shape index (κ2) is 9.13. The number of hydrogen-bond acceptors (Lipinski definition) is 7. The van der Waals surface area contributed by atoms with Crippen LogP contribution in [0.1, 0.15) is 58.8 Å². The van der Waals surface area contributed by atoms with Gasteiger partial charge in [0.25, 0.3) is 0 Å². The summed E-state index contributed by atoms with van der Waals surface area (Å²) in [5, 5.41) is 3.47. The molecule has 1 aromatic rings. The predicted octanol–water partition coefficient (Wildman–Crippen LogP) is 2.45. The summed E-state index contributed by atoms with van der Waals surface area (Å²) < 4.78 is 25.1. The smallest absolute Gasteiger partial charge is 0.249 e. The maximum atomic E-state index is 13.0. The summed E-state index contributed by atoms with van der Waals surface area (Å²) in [5.74, 6) is 1.89. The van der Waals surface area contributed by atoms with Crippen molar-refractivity contribution in [3.63, 3.8) is 0 Å². The first kappa shape index (κ1) is 23.2. The van der Waals surface area contributed by atoms with E-state index in [0.717, 1.165) is 43.6 Å². The van der Waals surface area contributed by atoms with E-state index in [1.807, 2.05) is 7.05 Å². The molecule has 0 aromatic carbocycles. The van der Waals surface area contributed by atoms with Crippen LogP contribution >= 0.6 is 0 Å². The van der Waals surface area contributed by atoms with Crippen LogP contribution in [0.15, 0.2) is 6.20 Å². The molecular weight excluding hydrogens is 428 g/mol. The van der Waals surface area contributed by atoms with E-state index in [1.165, 1.54) is 19.1 Å². The topological polar surface area (TPSA) is 98.7 Å². The van der Waals surface area contributed by atoms with E-state index in [1.54, 1.807) is 15.4 Å². The van der Waals surface area contributed by atoms with E-state index in [4.69, 9.17) is 4.98 Å². The number of sulfonamides is 1. The molecular formula is C22H36N6O3S. The minimum absolute atomic E-state index is 0.113. The molecule has 9 nitrogen and oxygen atoms in total. The van der Waals surface area contributed by atoms with Crippen molar-refractivity contribution < 1.29 is 13.2 Å². The number of amides is 1. The van der Waals surface area contributed by atoms with Gasteiger partial charge in [-0.05, 0) is 44.9 Å². The van der Waals surface area contributed by atoms with Gasteiger partial charge in [0.1, 0.15) is 11.7 Å². The van der Waals surface area contributed by atoms with Gasteiger partial charge in [-0.3, -0.25) is 4.79 Å². The van der Waals surface area contributed by atoms with Crippen molar-refractivity contribution in [1.82, 2.24) is 14.3 Å². The van der Waals surface area contributed by atoms with Crippen LogP contribution in [0.3, 0.4) is 0 Å². The van der Waals surface area contributed by atoms with Gasteiger partial charge in [0.05, 0.1) is 12.5 Å². The third-order valence-corrected chi connectivity index (χ3v) is 8.75. The Labute approximate surface area is 191 Å². The number of fused-ring (bicyclic) bond motifs is 1. The molecule has 3 heterocycles. The van der Waals surface area contributed by atoms with Crippen molar-refractivity contribution >= 4 is 33.4 Å². The van der Waals surface area contributed by atoms with Gasteiger partial charge in [-0.15, -0.1) is 0 Å². The number of carbonyl (C=O) groups excluding carboxylic acids is 1. The lowest BCUT2D eigenvalue weighted by Gasteiger charge is -2.43. The lowest BCUT2D eigenvalue weighted by atomic mass is 9.91. The molecule has 1 unspecified atom stereocenters. The molecule has 2 atom stereocenters. The van der Waals surface area contributed by atoms with E-state index in [-0.39, 0.29) is 18.0 Å². The summed E-state index contributed by atoms with van der Waals surface area (Å²) in [6.45, 7) is 5.29. The quantitative estimate of drug-likeness (QED) is 0.690. The van der Waals surface area contributed by atoms with Crippen molar-refractivity contribution in [1.29, 1.82) is 0 Å². The zero-order valence-corrected chi connectivity index (χ0v) is 20.4. The largest absolute Gasteiger partial charge is 0.351 e. The van der Waals surface area contributed by atoms with Gasteiger partial charge >= 0.3 is 0 Å². The Morgan fingerprint density at radius 3 is 2.44 bits per heavy atom. The lowest BCUT2D eigenvalue weighted by Crippen LogP contribution is -2.55. The number of hydrogen-bond donors (Lipinski definition) is 1. The molecule has 0 radical (unpaired) electrons. The average molecular weight is 465 g/mol. The van der Waals surface area contributed by atoms with Crippen LogP contribution < -0.4 is 15.1 Å². The highest BCUT2D eigenvalue weighted by Crippen LogP contribution is 2.40. The van der Waals surface area contributed by atoms with Crippen LogP contribution in [-0.2, 0) is 14.8 Å². The summed E-state index contributed by atoms with van der Waals surface area (Å²) >= 11 is 0. The molecule has 2 fully saturated rings. The molecule has 1 aliphatic carbocycles. The number of anilines is 3. The number of rotatable bonds is 6. The summed E-state index contributed by atoms with van der Waals surface area (Å²) in [5.41, 5.74) is 0.770. The number of piperidine rings is 1. The number of likely N-dealkylation sites (N-methyl/N-ethyl adjacent to an activating group) is 1. The molecule has 178 valence electrons. The number of carbonyl (C=O) groups is 1. The van der Waals surface area contributed by atoms with Crippen LogP contribution in [0, 0.1) is 5.92 Å². The summed E-state index contributed by atoms with van der Waals surface area (Å²) in [6, 6.07) is 0.285. The van der Waals surface area contributed by atoms with E-state index >= 15 is 0 Å². The lowest BCUT2D eigenvalue weighted by molar-refractivity contribution is -0.120. The van der Waals surface area contributed by atoms with Crippen molar-refractivity contribution in [2.24, 2.45) is 5.92 Å². The zero-order valence-electron chi connectivity index (χ0n) is 19.6. The van der Waals surface area contributed by atoms with Crippen molar-refractivity contribution in [3.8, 4) is 0 Å². The molecule has 32 heavy (non-hydrogen) atoms. The van der Waals surface area contributed by atoms with Gasteiger partial charge in [-0.25, -0.2) is 17.7 Å². The Balaban J connectivity index is 1.53. The van der Waals surface area contributed by atoms with Crippen LogP contribution in [0.4, 0.5) is 17.5 Å².